The third kappa shape index (κ3) is 2.90. The van der Waals surface area contributed by atoms with Gasteiger partial charge in [0.2, 0.25) is 11.7 Å². The van der Waals surface area contributed by atoms with E-state index in [9.17, 15) is 0 Å². The normalized spacial score (nSPS) is 12.0. The van der Waals surface area contributed by atoms with Crippen molar-refractivity contribution in [3.05, 3.63) is 127 Å². The second kappa shape index (κ2) is 8.01. The molecule has 0 aliphatic heterocycles. The van der Waals surface area contributed by atoms with Crippen LogP contribution in [0.25, 0.3) is 82.6 Å². The zero-order valence-electron chi connectivity index (χ0n) is 21.4. The third-order valence-corrected chi connectivity index (χ3v) is 8.02. The van der Waals surface area contributed by atoms with Crippen LogP contribution in [0.1, 0.15) is 0 Å². The van der Waals surface area contributed by atoms with Gasteiger partial charge < -0.3 is 4.42 Å². The Hall–Kier alpha value is -5.48. The first-order chi connectivity index (χ1) is 19.8. The number of fused-ring (bicyclic) bond motifs is 10. The summed E-state index contributed by atoms with van der Waals surface area (Å²) in [6.07, 6.45) is 0. The molecule has 6 aromatic carbocycles. The SMILES string of the molecule is c1ccc(-c2nc(-n3c4ccc5ccccc5c4c4ccc5ccccc5c43)nc3oc4ccccc4c23)cc1. The van der Waals surface area contributed by atoms with E-state index < -0.39 is 0 Å². The molecule has 186 valence electrons. The fraction of sp³-hybridized carbons (Fsp3) is 0. The molecule has 3 heterocycles. The molecular formula is C36H21N3O. The highest BCUT2D eigenvalue weighted by Gasteiger charge is 2.22. The van der Waals surface area contributed by atoms with E-state index in [1.807, 2.05) is 36.4 Å². The van der Waals surface area contributed by atoms with Gasteiger partial charge in [-0.05, 0) is 28.3 Å². The van der Waals surface area contributed by atoms with Crippen molar-refractivity contribution in [1.82, 2.24) is 14.5 Å². The summed E-state index contributed by atoms with van der Waals surface area (Å²) in [4.78, 5) is 10.4. The highest BCUT2D eigenvalue weighted by atomic mass is 16.3. The molecule has 0 saturated carbocycles. The smallest absolute Gasteiger partial charge is 0.238 e. The predicted molar refractivity (Wildman–Crippen MR) is 164 cm³/mol. The zero-order valence-corrected chi connectivity index (χ0v) is 21.4. The van der Waals surface area contributed by atoms with Gasteiger partial charge in [0.05, 0.1) is 22.1 Å². The first-order valence-electron chi connectivity index (χ1n) is 13.4. The van der Waals surface area contributed by atoms with Gasteiger partial charge in [-0.3, -0.25) is 4.57 Å². The maximum Gasteiger partial charge on any atom is 0.238 e. The molecule has 0 spiro atoms. The number of para-hydroxylation sites is 1. The van der Waals surface area contributed by atoms with Crippen molar-refractivity contribution in [2.45, 2.75) is 0 Å². The maximum atomic E-state index is 6.37. The Balaban J connectivity index is 1.51. The number of hydrogen-bond donors (Lipinski definition) is 0. The van der Waals surface area contributed by atoms with Crippen LogP contribution in [0, 0.1) is 0 Å². The van der Waals surface area contributed by atoms with Crippen molar-refractivity contribution in [3.63, 3.8) is 0 Å². The molecule has 0 amide bonds. The molecule has 40 heavy (non-hydrogen) atoms. The quantitative estimate of drug-likeness (QED) is 0.232. The molecule has 9 aromatic rings. The molecular weight excluding hydrogens is 490 g/mol. The lowest BCUT2D eigenvalue weighted by Gasteiger charge is -2.11. The van der Waals surface area contributed by atoms with Crippen LogP contribution in [0.3, 0.4) is 0 Å². The van der Waals surface area contributed by atoms with Gasteiger partial charge in [0, 0.05) is 27.1 Å². The van der Waals surface area contributed by atoms with Crippen LogP contribution >= 0.6 is 0 Å². The van der Waals surface area contributed by atoms with E-state index >= 15 is 0 Å². The van der Waals surface area contributed by atoms with Crippen molar-refractivity contribution in [1.29, 1.82) is 0 Å². The molecule has 9 rings (SSSR count). The highest BCUT2D eigenvalue weighted by Crippen LogP contribution is 2.41. The lowest BCUT2D eigenvalue weighted by atomic mass is 10.0. The van der Waals surface area contributed by atoms with Crippen LogP contribution < -0.4 is 0 Å². The Bertz CT molecular complexity index is 2430. The van der Waals surface area contributed by atoms with Crippen molar-refractivity contribution in [2.75, 3.05) is 0 Å². The molecule has 0 unspecified atom stereocenters. The van der Waals surface area contributed by atoms with Gasteiger partial charge >= 0.3 is 0 Å². The molecule has 0 N–H and O–H groups in total. The molecule has 4 nitrogen and oxygen atoms in total. The van der Waals surface area contributed by atoms with E-state index in [1.54, 1.807) is 0 Å². The van der Waals surface area contributed by atoms with Gasteiger partial charge in [0.15, 0.2) is 0 Å². The summed E-state index contributed by atoms with van der Waals surface area (Å²) in [5.74, 6) is 0.594. The van der Waals surface area contributed by atoms with Crippen LogP contribution in [-0.2, 0) is 0 Å². The van der Waals surface area contributed by atoms with Crippen LogP contribution in [0.4, 0.5) is 0 Å². The molecule has 0 aliphatic carbocycles. The maximum absolute atomic E-state index is 6.37. The highest BCUT2D eigenvalue weighted by molar-refractivity contribution is 6.26. The van der Waals surface area contributed by atoms with Gasteiger partial charge in [0.1, 0.15) is 5.58 Å². The Morgan fingerprint density at radius 2 is 1.18 bits per heavy atom. The Labute approximate surface area is 228 Å². The minimum atomic E-state index is 0.584. The second-order valence-corrected chi connectivity index (χ2v) is 10.2. The van der Waals surface area contributed by atoms with E-state index in [1.165, 1.54) is 26.9 Å². The summed E-state index contributed by atoms with van der Waals surface area (Å²) in [6, 6.07) is 44.3. The number of hydrogen-bond acceptors (Lipinski definition) is 3. The van der Waals surface area contributed by atoms with Crippen molar-refractivity contribution < 1.29 is 4.42 Å². The average Bonchev–Trinajstić information content (AvgIpc) is 3.57. The standard InChI is InChI=1S/C36H21N3O/c1-2-12-24(13-3-1)33-32-27-16-8-9-17-30(27)40-35(32)38-36(37-33)39-29-21-19-22-10-4-6-14-25(22)31(29)28-20-18-23-11-5-7-15-26(23)34(28)39/h1-21H. The molecule has 0 fully saturated rings. The van der Waals surface area contributed by atoms with E-state index in [4.69, 9.17) is 14.4 Å². The van der Waals surface area contributed by atoms with E-state index in [-0.39, 0.29) is 0 Å². The first-order valence-corrected chi connectivity index (χ1v) is 13.4. The van der Waals surface area contributed by atoms with Gasteiger partial charge in [-0.25, -0.2) is 4.98 Å². The average molecular weight is 512 g/mol. The minimum Gasteiger partial charge on any atom is -0.437 e. The zero-order chi connectivity index (χ0) is 26.2. The summed E-state index contributed by atoms with van der Waals surface area (Å²) in [6.45, 7) is 0. The molecule has 3 aromatic heterocycles. The first kappa shape index (κ1) is 21.5. The number of rotatable bonds is 2. The summed E-state index contributed by atoms with van der Waals surface area (Å²) >= 11 is 0. The minimum absolute atomic E-state index is 0.584. The van der Waals surface area contributed by atoms with Crippen molar-refractivity contribution in [3.8, 4) is 17.2 Å². The van der Waals surface area contributed by atoms with Gasteiger partial charge in [-0.2, -0.15) is 4.98 Å². The third-order valence-electron chi connectivity index (χ3n) is 8.02. The summed E-state index contributed by atoms with van der Waals surface area (Å²) < 4.78 is 8.59. The van der Waals surface area contributed by atoms with Crippen molar-refractivity contribution >= 4 is 65.4 Å². The molecule has 0 saturated heterocycles. The number of nitrogens with zero attached hydrogens (tertiary/aromatic N) is 3. The predicted octanol–water partition coefficient (Wildman–Crippen LogP) is 9.45. The fourth-order valence-electron chi connectivity index (χ4n) is 6.27. The Morgan fingerprint density at radius 1 is 0.500 bits per heavy atom. The second-order valence-electron chi connectivity index (χ2n) is 10.2. The van der Waals surface area contributed by atoms with Gasteiger partial charge in [-0.1, -0.05) is 115 Å². The van der Waals surface area contributed by atoms with E-state index in [0.29, 0.717) is 11.7 Å². The lowest BCUT2D eigenvalue weighted by molar-refractivity contribution is 0.651. The number of benzene rings is 6. The summed E-state index contributed by atoms with van der Waals surface area (Å²) in [5, 5.41) is 9.09. The molecule has 0 atom stereocenters. The van der Waals surface area contributed by atoms with E-state index in [0.717, 1.165) is 44.0 Å². The van der Waals surface area contributed by atoms with E-state index in [2.05, 4.69) is 95.6 Å². The number of aromatic nitrogens is 3. The molecule has 0 bridgehead atoms. The van der Waals surface area contributed by atoms with Crippen LogP contribution in [0.2, 0.25) is 0 Å². The Kier molecular flexibility index (Phi) is 4.30. The van der Waals surface area contributed by atoms with Crippen LogP contribution in [-0.4, -0.2) is 14.5 Å². The summed E-state index contributed by atoms with van der Waals surface area (Å²) in [5.41, 5.74) is 5.44. The van der Waals surface area contributed by atoms with Gasteiger partial charge in [-0.15, -0.1) is 0 Å². The fourth-order valence-corrected chi connectivity index (χ4v) is 6.27. The topological polar surface area (TPSA) is 43.9 Å². The Morgan fingerprint density at radius 3 is 2.02 bits per heavy atom. The number of furan rings is 1. The molecule has 0 aliphatic rings. The van der Waals surface area contributed by atoms with Crippen molar-refractivity contribution in [2.24, 2.45) is 0 Å². The largest absolute Gasteiger partial charge is 0.437 e. The lowest BCUT2D eigenvalue weighted by Crippen LogP contribution is -2.03. The van der Waals surface area contributed by atoms with Crippen LogP contribution in [0.5, 0.6) is 0 Å². The molecule has 4 heteroatoms. The monoisotopic (exact) mass is 511 g/mol. The summed E-state index contributed by atoms with van der Waals surface area (Å²) in [7, 11) is 0. The molecule has 0 radical (unpaired) electrons. The van der Waals surface area contributed by atoms with Gasteiger partial charge in [0.25, 0.3) is 0 Å². The van der Waals surface area contributed by atoms with Crippen LogP contribution in [0.15, 0.2) is 132 Å².